The monoisotopic (exact) mass is 352 g/mol. The Morgan fingerprint density at radius 1 is 1.04 bits per heavy atom. The van der Waals surface area contributed by atoms with Crippen LogP contribution >= 0.6 is 0 Å². The Bertz CT molecular complexity index is 847. The summed E-state index contributed by atoms with van der Waals surface area (Å²) in [7, 11) is 0. The Labute approximate surface area is 151 Å². The zero-order valence-corrected chi connectivity index (χ0v) is 14.3. The van der Waals surface area contributed by atoms with Gasteiger partial charge >= 0.3 is 5.97 Å². The molecule has 2 aromatic carbocycles. The standard InChI is InChI=1S/C20H20N2O4/c21-19(24)16-6-2-5-15(11-16)13-26-20(25)17-7-1-4-14(10-17)12-22-9-3-8-18(22)23/h1-2,4-7,10-11H,3,8-9,12-13H2,(H2,21,24). The maximum atomic E-state index is 12.3. The van der Waals surface area contributed by atoms with Crippen LogP contribution in [0.4, 0.5) is 0 Å². The second kappa shape index (κ2) is 7.82. The molecule has 1 heterocycles. The van der Waals surface area contributed by atoms with Gasteiger partial charge in [-0.1, -0.05) is 24.3 Å². The SMILES string of the molecule is NC(=O)c1cccc(COC(=O)c2cccc(CN3CCCC3=O)c2)c1. The molecule has 2 aromatic rings. The average Bonchev–Trinajstić information content (AvgIpc) is 3.05. The molecule has 2 amide bonds. The molecule has 1 aliphatic rings. The van der Waals surface area contributed by atoms with Gasteiger partial charge in [-0.05, 0) is 41.8 Å². The average molecular weight is 352 g/mol. The Morgan fingerprint density at radius 2 is 1.73 bits per heavy atom. The van der Waals surface area contributed by atoms with Crippen LogP contribution in [-0.2, 0) is 22.7 Å². The summed E-state index contributed by atoms with van der Waals surface area (Å²) in [6, 6.07) is 13.7. The third-order valence-electron chi connectivity index (χ3n) is 4.29. The minimum atomic E-state index is -0.526. The van der Waals surface area contributed by atoms with Gasteiger partial charge in [-0.3, -0.25) is 9.59 Å². The Hall–Kier alpha value is -3.15. The van der Waals surface area contributed by atoms with Crippen molar-refractivity contribution in [2.45, 2.75) is 26.0 Å². The van der Waals surface area contributed by atoms with Crippen LogP contribution in [0.15, 0.2) is 48.5 Å². The molecule has 1 aliphatic heterocycles. The molecule has 1 fully saturated rings. The van der Waals surface area contributed by atoms with Crippen molar-refractivity contribution in [3.63, 3.8) is 0 Å². The zero-order valence-electron chi connectivity index (χ0n) is 14.3. The molecule has 6 heteroatoms. The fourth-order valence-electron chi connectivity index (χ4n) is 2.93. The first-order valence-corrected chi connectivity index (χ1v) is 8.45. The number of benzene rings is 2. The number of amides is 2. The molecule has 0 unspecified atom stereocenters. The smallest absolute Gasteiger partial charge is 0.338 e. The lowest BCUT2D eigenvalue weighted by Crippen LogP contribution is -2.23. The summed E-state index contributed by atoms with van der Waals surface area (Å²) < 4.78 is 5.32. The lowest BCUT2D eigenvalue weighted by Gasteiger charge is -2.15. The van der Waals surface area contributed by atoms with Gasteiger partial charge in [-0.15, -0.1) is 0 Å². The maximum absolute atomic E-state index is 12.3. The van der Waals surface area contributed by atoms with Crippen LogP contribution in [0.3, 0.4) is 0 Å². The molecule has 26 heavy (non-hydrogen) atoms. The van der Waals surface area contributed by atoms with Gasteiger partial charge in [0, 0.05) is 25.1 Å². The minimum absolute atomic E-state index is 0.0504. The summed E-state index contributed by atoms with van der Waals surface area (Å²) in [5.74, 6) is -0.835. The molecule has 6 nitrogen and oxygen atoms in total. The summed E-state index contributed by atoms with van der Waals surface area (Å²) in [5.41, 5.74) is 7.63. The number of hydrogen-bond donors (Lipinski definition) is 1. The topological polar surface area (TPSA) is 89.7 Å². The first kappa shape index (κ1) is 17.7. The number of carbonyl (C=O) groups excluding carboxylic acids is 3. The zero-order chi connectivity index (χ0) is 18.5. The highest BCUT2D eigenvalue weighted by molar-refractivity contribution is 5.93. The molecule has 0 aliphatic carbocycles. The van der Waals surface area contributed by atoms with E-state index >= 15 is 0 Å². The molecule has 0 bridgehead atoms. The summed E-state index contributed by atoms with van der Waals surface area (Å²) in [5, 5.41) is 0. The van der Waals surface area contributed by atoms with E-state index in [-0.39, 0.29) is 12.5 Å². The molecular weight excluding hydrogens is 332 g/mol. The number of hydrogen-bond acceptors (Lipinski definition) is 4. The van der Waals surface area contributed by atoms with E-state index in [1.165, 1.54) is 0 Å². The number of carbonyl (C=O) groups is 3. The lowest BCUT2D eigenvalue weighted by atomic mass is 10.1. The van der Waals surface area contributed by atoms with Crippen LogP contribution in [-0.4, -0.2) is 29.2 Å². The van der Waals surface area contributed by atoms with Crippen molar-refractivity contribution < 1.29 is 19.1 Å². The first-order valence-electron chi connectivity index (χ1n) is 8.45. The fourth-order valence-corrected chi connectivity index (χ4v) is 2.93. The van der Waals surface area contributed by atoms with Gasteiger partial charge in [0.2, 0.25) is 11.8 Å². The first-order chi connectivity index (χ1) is 12.5. The minimum Gasteiger partial charge on any atom is -0.457 e. The molecule has 0 aromatic heterocycles. The number of nitrogens with two attached hydrogens (primary N) is 1. The van der Waals surface area contributed by atoms with Crippen molar-refractivity contribution in [1.29, 1.82) is 0 Å². The van der Waals surface area contributed by atoms with Crippen LogP contribution < -0.4 is 5.73 Å². The van der Waals surface area contributed by atoms with E-state index in [0.29, 0.717) is 29.7 Å². The van der Waals surface area contributed by atoms with Crippen LogP contribution in [0.1, 0.15) is 44.7 Å². The highest BCUT2D eigenvalue weighted by atomic mass is 16.5. The van der Waals surface area contributed by atoms with E-state index < -0.39 is 11.9 Å². The summed E-state index contributed by atoms with van der Waals surface area (Å²) in [6.07, 6.45) is 1.47. The van der Waals surface area contributed by atoms with Crippen molar-refractivity contribution >= 4 is 17.8 Å². The highest BCUT2D eigenvalue weighted by Gasteiger charge is 2.20. The Morgan fingerprint density at radius 3 is 2.42 bits per heavy atom. The summed E-state index contributed by atoms with van der Waals surface area (Å²) in [4.78, 5) is 37.0. The highest BCUT2D eigenvalue weighted by Crippen LogP contribution is 2.16. The summed E-state index contributed by atoms with van der Waals surface area (Å²) >= 11 is 0. The molecule has 0 atom stereocenters. The van der Waals surface area contributed by atoms with Crippen molar-refractivity contribution in [3.8, 4) is 0 Å². The van der Waals surface area contributed by atoms with Crippen molar-refractivity contribution in [1.82, 2.24) is 4.90 Å². The number of ether oxygens (including phenoxy) is 1. The van der Waals surface area contributed by atoms with Gasteiger partial charge in [0.1, 0.15) is 6.61 Å². The number of likely N-dealkylation sites (tertiary alicyclic amines) is 1. The lowest BCUT2D eigenvalue weighted by molar-refractivity contribution is -0.128. The molecule has 2 N–H and O–H groups in total. The van der Waals surface area contributed by atoms with E-state index in [9.17, 15) is 14.4 Å². The number of nitrogens with zero attached hydrogens (tertiary/aromatic N) is 1. The molecular formula is C20H20N2O4. The molecule has 1 saturated heterocycles. The predicted octanol–water partition coefficient (Wildman–Crippen LogP) is 2.26. The fraction of sp³-hybridized carbons (Fsp3) is 0.250. The Kier molecular flexibility index (Phi) is 5.31. The maximum Gasteiger partial charge on any atom is 0.338 e. The van der Waals surface area contributed by atoms with Crippen LogP contribution in [0, 0.1) is 0 Å². The second-order valence-electron chi connectivity index (χ2n) is 6.26. The predicted molar refractivity (Wildman–Crippen MR) is 95.2 cm³/mol. The quantitative estimate of drug-likeness (QED) is 0.808. The van der Waals surface area contributed by atoms with Crippen LogP contribution in [0.5, 0.6) is 0 Å². The number of primary amides is 1. The third kappa shape index (κ3) is 4.27. The largest absolute Gasteiger partial charge is 0.457 e. The normalized spacial score (nSPS) is 13.7. The van der Waals surface area contributed by atoms with E-state index in [0.717, 1.165) is 18.5 Å². The van der Waals surface area contributed by atoms with E-state index in [2.05, 4.69) is 0 Å². The van der Waals surface area contributed by atoms with Crippen LogP contribution in [0.2, 0.25) is 0 Å². The third-order valence-corrected chi connectivity index (χ3v) is 4.29. The van der Waals surface area contributed by atoms with Gasteiger partial charge in [0.25, 0.3) is 0 Å². The number of esters is 1. The molecule has 3 rings (SSSR count). The van der Waals surface area contributed by atoms with E-state index in [4.69, 9.17) is 10.5 Å². The van der Waals surface area contributed by atoms with Crippen molar-refractivity contribution in [2.75, 3.05) is 6.54 Å². The van der Waals surface area contributed by atoms with Gasteiger partial charge in [0.15, 0.2) is 0 Å². The molecule has 0 spiro atoms. The number of rotatable bonds is 6. The van der Waals surface area contributed by atoms with Crippen LogP contribution in [0.25, 0.3) is 0 Å². The van der Waals surface area contributed by atoms with Crippen molar-refractivity contribution in [3.05, 3.63) is 70.8 Å². The van der Waals surface area contributed by atoms with Gasteiger partial charge < -0.3 is 15.4 Å². The summed E-state index contributed by atoms with van der Waals surface area (Å²) in [6.45, 7) is 1.30. The van der Waals surface area contributed by atoms with Gasteiger partial charge in [0.05, 0.1) is 5.56 Å². The molecule has 0 saturated carbocycles. The second-order valence-corrected chi connectivity index (χ2v) is 6.26. The van der Waals surface area contributed by atoms with Gasteiger partial charge in [-0.25, -0.2) is 4.79 Å². The molecule has 0 radical (unpaired) electrons. The van der Waals surface area contributed by atoms with E-state index in [1.54, 1.807) is 47.4 Å². The van der Waals surface area contributed by atoms with E-state index in [1.807, 2.05) is 6.07 Å². The molecule has 134 valence electrons. The van der Waals surface area contributed by atoms with Crippen molar-refractivity contribution in [2.24, 2.45) is 5.73 Å². The van der Waals surface area contributed by atoms with Gasteiger partial charge in [-0.2, -0.15) is 0 Å². The Balaban J connectivity index is 1.63.